The molecule has 6 heteroatoms. The average Bonchev–Trinajstić information content (AvgIpc) is 2.82. The van der Waals surface area contributed by atoms with Crippen LogP contribution in [0.3, 0.4) is 0 Å². The highest BCUT2D eigenvalue weighted by atomic mass is 35.5. The lowest BCUT2D eigenvalue weighted by molar-refractivity contribution is 0.355. The standard InChI is InChI=1S/C12H18ClN5/c1-12(2,4-3-5-13)6-14-10-9-11(16-7-15-9)18-8-17-10/h7-8H,3-6H2,1-2H3,(H2,14,15,16,17,18). The Kier molecular flexibility index (Phi) is 4.01. The number of hydrogen-bond acceptors (Lipinski definition) is 4. The fourth-order valence-electron chi connectivity index (χ4n) is 1.86. The third-order valence-electron chi connectivity index (χ3n) is 2.94. The molecule has 2 rings (SSSR count). The second-order valence-corrected chi connectivity index (χ2v) is 5.51. The number of fused-ring (bicyclic) bond motifs is 1. The molecule has 0 radical (unpaired) electrons. The summed E-state index contributed by atoms with van der Waals surface area (Å²) in [6, 6.07) is 0. The van der Waals surface area contributed by atoms with Crippen molar-refractivity contribution >= 4 is 28.6 Å². The van der Waals surface area contributed by atoms with E-state index < -0.39 is 0 Å². The first-order chi connectivity index (χ1) is 8.62. The number of anilines is 1. The summed E-state index contributed by atoms with van der Waals surface area (Å²) in [5.41, 5.74) is 1.73. The van der Waals surface area contributed by atoms with Crippen LogP contribution in [0, 0.1) is 5.41 Å². The van der Waals surface area contributed by atoms with Crippen molar-refractivity contribution in [3.05, 3.63) is 12.7 Å². The van der Waals surface area contributed by atoms with Crippen LogP contribution in [0.25, 0.3) is 11.2 Å². The first-order valence-corrected chi connectivity index (χ1v) is 6.60. The Morgan fingerprint density at radius 1 is 1.33 bits per heavy atom. The minimum absolute atomic E-state index is 0.187. The number of aromatic nitrogens is 4. The van der Waals surface area contributed by atoms with Gasteiger partial charge in [0.15, 0.2) is 11.5 Å². The van der Waals surface area contributed by atoms with Gasteiger partial charge in [-0.05, 0) is 18.3 Å². The molecule has 0 aliphatic carbocycles. The van der Waals surface area contributed by atoms with Gasteiger partial charge >= 0.3 is 0 Å². The molecule has 0 fully saturated rings. The maximum atomic E-state index is 5.73. The Morgan fingerprint density at radius 3 is 2.94 bits per heavy atom. The van der Waals surface area contributed by atoms with Crippen LogP contribution >= 0.6 is 11.6 Å². The molecule has 2 N–H and O–H groups in total. The van der Waals surface area contributed by atoms with Crippen molar-refractivity contribution in [3.63, 3.8) is 0 Å². The summed E-state index contributed by atoms with van der Waals surface area (Å²) in [6.45, 7) is 5.28. The second kappa shape index (κ2) is 5.52. The van der Waals surface area contributed by atoms with E-state index >= 15 is 0 Å². The summed E-state index contributed by atoms with van der Waals surface area (Å²) in [5, 5.41) is 3.36. The van der Waals surface area contributed by atoms with Crippen LogP contribution in [0.1, 0.15) is 26.7 Å². The van der Waals surface area contributed by atoms with Gasteiger partial charge in [-0.15, -0.1) is 11.6 Å². The summed E-state index contributed by atoms with van der Waals surface area (Å²) >= 11 is 5.73. The Morgan fingerprint density at radius 2 is 2.17 bits per heavy atom. The van der Waals surface area contributed by atoms with Gasteiger partial charge in [0.1, 0.15) is 11.8 Å². The number of aromatic amines is 1. The highest BCUT2D eigenvalue weighted by Gasteiger charge is 2.18. The quantitative estimate of drug-likeness (QED) is 0.790. The van der Waals surface area contributed by atoms with E-state index in [-0.39, 0.29) is 5.41 Å². The SMILES string of the molecule is CC(C)(CCCCl)CNc1ncnc2nc[nH]c12. The van der Waals surface area contributed by atoms with E-state index in [1.165, 1.54) is 6.33 Å². The van der Waals surface area contributed by atoms with E-state index in [2.05, 4.69) is 39.1 Å². The molecule has 5 nitrogen and oxygen atoms in total. The smallest absolute Gasteiger partial charge is 0.182 e. The van der Waals surface area contributed by atoms with Gasteiger partial charge in [-0.3, -0.25) is 0 Å². The van der Waals surface area contributed by atoms with Crippen molar-refractivity contribution in [2.45, 2.75) is 26.7 Å². The van der Waals surface area contributed by atoms with Gasteiger partial charge < -0.3 is 10.3 Å². The molecule has 0 amide bonds. The molecule has 2 aromatic heterocycles. The predicted molar refractivity (Wildman–Crippen MR) is 73.9 cm³/mol. The van der Waals surface area contributed by atoms with Crippen molar-refractivity contribution in [1.82, 2.24) is 19.9 Å². The number of alkyl halides is 1. The summed E-state index contributed by atoms with van der Waals surface area (Å²) in [6.07, 6.45) is 5.26. The van der Waals surface area contributed by atoms with E-state index in [1.807, 2.05) is 0 Å². The van der Waals surface area contributed by atoms with Crippen LogP contribution in [0.15, 0.2) is 12.7 Å². The number of H-pyrrole nitrogens is 1. The van der Waals surface area contributed by atoms with E-state index in [9.17, 15) is 0 Å². The number of nitrogens with one attached hydrogen (secondary N) is 2. The highest BCUT2D eigenvalue weighted by Crippen LogP contribution is 2.24. The maximum absolute atomic E-state index is 5.73. The zero-order valence-electron chi connectivity index (χ0n) is 10.7. The van der Waals surface area contributed by atoms with Gasteiger partial charge in [0.2, 0.25) is 0 Å². The minimum Gasteiger partial charge on any atom is -0.368 e. The number of hydrogen-bond donors (Lipinski definition) is 2. The van der Waals surface area contributed by atoms with Crippen LogP contribution in [0.2, 0.25) is 0 Å². The summed E-state index contributed by atoms with van der Waals surface area (Å²) in [7, 11) is 0. The number of nitrogens with zero attached hydrogens (tertiary/aromatic N) is 3. The Hall–Kier alpha value is -1.36. The molecule has 2 aromatic rings. The Labute approximate surface area is 111 Å². The maximum Gasteiger partial charge on any atom is 0.182 e. The van der Waals surface area contributed by atoms with Crippen LogP contribution in [-0.2, 0) is 0 Å². The fourth-order valence-corrected chi connectivity index (χ4v) is 1.99. The van der Waals surface area contributed by atoms with E-state index in [0.717, 1.165) is 30.7 Å². The Balaban J connectivity index is 2.03. The van der Waals surface area contributed by atoms with E-state index in [1.54, 1.807) is 6.33 Å². The zero-order chi connectivity index (χ0) is 13.0. The van der Waals surface area contributed by atoms with Gasteiger partial charge in [0, 0.05) is 12.4 Å². The molecule has 0 bridgehead atoms. The fraction of sp³-hybridized carbons (Fsp3) is 0.583. The van der Waals surface area contributed by atoms with Crippen molar-refractivity contribution in [1.29, 1.82) is 0 Å². The van der Waals surface area contributed by atoms with Crippen molar-refractivity contribution < 1.29 is 0 Å². The number of imidazole rings is 1. The molecule has 98 valence electrons. The first-order valence-electron chi connectivity index (χ1n) is 6.06. The lowest BCUT2D eigenvalue weighted by Crippen LogP contribution is -2.23. The monoisotopic (exact) mass is 267 g/mol. The number of halogens is 1. The van der Waals surface area contributed by atoms with Crippen LogP contribution in [0.5, 0.6) is 0 Å². The minimum atomic E-state index is 0.187. The normalized spacial score (nSPS) is 11.9. The molecule has 0 unspecified atom stereocenters. The van der Waals surface area contributed by atoms with Gasteiger partial charge in [0.05, 0.1) is 6.33 Å². The molecule has 0 aliphatic heterocycles. The van der Waals surface area contributed by atoms with Crippen molar-refractivity contribution in [2.75, 3.05) is 17.7 Å². The topological polar surface area (TPSA) is 66.5 Å². The number of rotatable bonds is 6. The summed E-state index contributed by atoms with van der Waals surface area (Å²) in [5.74, 6) is 1.51. The van der Waals surface area contributed by atoms with E-state index in [0.29, 0.717) is 11.5 Å². The average molecular weight is 268 g/mol. The molecule has 2 heterocycles. The molecule has 0 saturated carbocycles. The largest absolute Gasteiger partial charge is 0.368 e. The Bertz CT molecular complexity index is 508. The van der Waals surface area contributed by atoms with E-state index in [4.69, 9.17) is 11.6 Å². The molecule has 18 heavy (non-hydrogen) atoms. The van der Waals surface area contributed by atoms with Crippen molar-refractivity contribution in [3.8, 4) is 0 Å². The zero-order valence-corrected chi connectivity index (χ0v) is 11.5. The lowest BCUT2D eigenvalue weighted by Gasteiger charge is -2.24. The van der Waals surface area contributed by atoms with Crippen LogP contribution in [-0.4, -0.2) is 32.4 Å². The predicted octanol–water partition coefficient (Wildman–Crippen LogP) is 2.81. The van der Waals surface area contributed by atoms with Crippen LogP contribution < -0.4 is 5.32 Å². The molecule has 0 atom stereocenters. The molecular formula is C12H18ClN5. The third kappa shape index (κ3) is 3.10. The van der Waals surface area contributed by atoms with Crippen LogP contribution in [0.4, 0.5) is 5.82 Å². The lowest BCUT2D eigenvalue weighted by atomic mass is 9.88. The highest BCUT2D eigenvalue weighted by molar-refractivity contribution is 6.17. The summed E-state index contributed by atoms with van der Waals surface area (Å²) < 4.78 is 0. The first kappa shape index (κ1) is 13.1. The summed E-state index contributed by atoms with van der Waals surface area (Å²) in [4.78, 5) is 15.5. The molecule has 0 saturated heterocycles. The molecule has 0 aromatic carbocycles. The molecule has 0 spiro atoms. The van der Waals surface area contributed by atoms with Gasteiger partial charge in [-0.2, -0.15) is 0 Å². The molecule has 0 aliphatic rings. The second-order valence-electron chi connectivity index (χ2n) is 5.13. The molecular weight excluding hydrogens is 250 g/mol. The van der Waals surface area contributed by atoms with Crippen molar-refractivity contribution in [2.24, 2.45) is 5.41 Å². The van der Waals surface area contributed by atoms with Gasteiger partial charge in [0.25, 0.3) is 0 Å². The third-order valence-corrected chi connectivity index (χ3v) is 3.21. The van der Waals surface area contributed by atoms with Gasteiger partial charge in [-0.25, -0.2) is 15.0 Å². The van der Waals surface area contributed by atoms with Gasteiger partial charge in [-0.1, -0.05) is 13.8 Å².